The standard InChI is InChI=1S/C23H17N3O5/c27-21-17-10-4-5-11-18(17)22(28)25(21)15-14-24(16-8-2-1-3-9-16)23(29)19-12-6-7-13-20(19)26(30)31/h1-13H,14-15H2. The van der Waals surface area contributed by atoms with Gasteiger partial charge in [0.25, 0.3) is 23.4 Å². The van der Waals surface area contributed by atoms with E-state index in [0.717, 1.165) is 4.90 Å². The van der Waals surface area contributed by atoms with Crippen molar-refractivity contribution in [3.05, 3.63) is 106 Å². The summed E-state index contributed by atoms with van der Waals surface area (Å²) in [6.07, 6.45) is 0. The summed E-state index contributed by atoms with van der Waals surface area (Å²) in [6.45, 7) is -0.0615. The van der Waals surface area contributed by atoms with Crippen molar-refractivity contribution in [3.8, 4) is 0 Å². The summed E-state index contributed by atoms with van der Waals surface area (Å²) < 4.78 is 0. The lowest BCUT2D eigenvalue weighted by Gasteiger charge is -2.25. The van der Waals surface area contributed by atoms with Crippen molar-refractivity contribution in [1.29, 1.82) is 0 Å². The third kappa shape index (κ3) is 3.66. The molecule has 0 unspecified atom stereocenters. The maximum Gasteiger partial charge on any atom is 0.282 e. The number of amides is 3. The number of nitro groups is 1. The predicted molar refractivity (Wildman–Crippen MR) is 113 cm³/mol. The van der Waals surface area contributed by atoms with E-state index in [2.05, 4.69) is 0 Å². The van der Waals surface area contributed by atoms with Crippen LogP contribution in [0.3, 0.4) is 0 Å². The van der Waals surface area contributed by atoms with Crippen LogP contribution >= 0.6 is 0 Å². The Balaban J connectivity index is 1.64. The van der Waals surface area contributed by atoms with E-state index in [0.29, 0.717) is 16.8 Å². The van der Waals surface area contributed by atoms with E-state index in [-0.39, 0.29) is 24.3 Å². The Morgan fingerprint density at radius 1 is 0.839 bits per heavy atom. The molecule has 154 valence electrons. The van der Waals surface area contributed by atoms with Gasteiger partial charge in [-0.2, -0.15) is 0 Å². The van der Waals surface area contributed by atoms with Gasteiger partial charge in [0.15, 0.2) is 0 Å². The number of carbonyl (C=O) groups is 3. The quantitative estimate of drug-likeness (QED) is 0.348. The molecule has 0 aromatic heterocycles. The molecule has 0 spiro atoms. The Kier molecular flexibility index (Phi) is 5.28. The molecule has 31 heavy (non-hydrogen) atoms. The number of imide groups is 1. The van der Waals surface area contributed by atoms with Crippen LogP contribution in [0.2, 0.25) is 0 Å². The zero-order chi connectivity index (χ0) is 22.0. The largest absolute Gasteiger partial charge is 0.306 e. The van der Waals surface area contributed by atoms with Gasteiger partial charge in [-0.1, -0.05) is 42.5 Å². The van der Waals surface area contributed by atoms with Crippen LogP contribution < -0.4 is 4.90 Å². The molecule has 3 aromatic carbocycles. The first-order valence-electron chi connectivity index (χ1n) is 9.54. The maximum absolute atomic E-state index is 13.3. The Morgan fingerprint density at radius 3 is 2.00 bits per heavy atom. The lowest BCUT2D eigenvalue weighted by molar-refractivity contribution is -0.385. The van der Waals surface area contributed by atoms with Gasteiger partial charge in [0.2, 0.25) is 0 Å². The molecule has 8 nitrogen and oxygen atoms in total. The second-order valence-electron chi connectivity index (χ2n) is 6.87. The van der Waals surface area contributed by atoms with Gasteiger partial charge in [-0.25, -0.2) is 0 Å². The number of nitro benzene ring substituents is 1. The molecular weight excluding hydrogens is 398 g/mol. The number of nitrogens with zero attached hydrogens (tertiary/aromatic N) is 3. The summed E-state index contributed by atoms with van der Waals surface area (Å²) in [5, 5.41) is 11.4. The van der Waals surface area contributed by atoms with Crippen molar-refractivity contribution in [3.63, 3.8) is 0 Å². The molecule has 0 aliphatic carbocycles. The van der Waals surface area contributed by atoms with Crippen LogP contribution in [0.1, 0.15) is 31.1 Å². The Hall–Kier alpha value is -4.33. The number of benzene rings is 3. The molecule has 3 aromatic rings. The molecule has 0 N–H and O–H groups in total. The number of hydrogen-bond acceptors (Lipinski definition) is 5. The molecule has 0 fully saturated rings. The minimum Gasteiger partial charge on any atom is -0.306 e. The summed E-state index contributed by atoms with van der Waals surface area (Å²) in [5.74, 6) is -1.44. The van der Waals surface area contributed by atoms with Gasteiger partial charge in [0.05, 0.1) is 16.1 Å². The minimum absolute atomic E-state index is 0.0135. The van der Waals surface area contributed by atoms with Crippen molar-refractivity contribution < 1.29 is 19.3 Å². The SMILES string of the molecule is O=C1c2ccccc2C(=O)N1CCN(C(=O)c1ccccc1[N+](=O)[O-])c1ccccc1. The highest BCUT2D eigenvalue weighted by Gasteiger charge is 2.35. The van der Waals surface area contributed by atoms with E-state index in [1.807, 2.05) is 0 Å². The van der Waals surface area contributed by atoms with Crippen molar-refractivity contribution >= 4 is 29.1 Å². The first-order chi connectivity index (χ1) is 15.0. The van der Waals surface area contributed by atoms with E-state index in [4.69, 9.17) is 0 Å². The molecule has 0 saturated heterocycles. The number of para-hydroxylation sites is 2. The average molecular weight is 415 g/mol. The number of fused-ring (bicyclic) bond motifs is 1. The summed E-state index contributed by atoms with van der Waals surface area (Å²) in [6, 6.07) is 20.8. The van der Waals surface area contributed by atoms with E-state index in [9.17, 15) is 24.5 Å². The summed E-state index contributed by atoms with van der Waals surface area (Å²) >= 11 is 0. The molecule has 0 atom stereocenters. The first kappa shape index (κ1) is 20.0. The van der Waals surface area contributed by atoms with Crippen LogP contribution in [0, 0.1) is 10.1 Å². The van der Waals surface area contributed by atoms with E-state index >= 15 is 0 Å². The lowest BCUT2D eigenvalue weighted by atomic mass is 10.1. The van der Waals surface area contributed by atoms with Gasteiger partial charge < -0.3 is 4.90 Å². The second kappa shape index (κ2) is 8.19. The predicted octanol–water partition coefficient (Wildman–Crippen LogP) is 3.54. The minimum atomic E-state index is -0.611. The molecule has 0 bridgehead atoms. The zero-order valence-electron chi connectivity index (χ0n) is 16.3. The van der Waals surface area contributed by atoms with Gasteiger partial charge in [-0.15, -0.1) is 0 Å². The van der Waals surface area contributed by atoms with Gasteiger partial charge in [-0.05, 0) is 30.3 Å². The van der Waals surface area contributed by atoms with Gasteiger partial charge in [0.1, 0.15) is 5.56 Å². The molecule has 0 radical (unpaired) electrons. The summed E-state index contributed by atoms with van der Waals surface area (Å²) in [7, 11) is 0. The Bertz CT molecular complexity index is 1160. The molecular formula is C23H17N3O5. The fraction of sp³-hybridized carbons (Fsp3) is 0.0870. The average Bonchev–Trinajstić information content (AvgIpc) is 3.04. The number of rotatable bonds is 6. The third-order valence-electron chi connectivity index (χ3n) is 5.07. The maximum atomic E-state index is 13.3. The second-order valence-corrected chi connectivity index (χ2v) is 6.87. The zero-order valence-corrected chi connectivity index (χ0v) is 16.3. The fourth-order valence-corrected chi connectivity index (χ4v) is 3.56. The monoisotopic (exact) mass is 415 g/mol. The molecule has 1 aliphatic rings. The smallest absolute Gasteiger partial charge is 0.282 e. The van der Waals surface area contributed by atoms with Crippen LogP contribution in [-0.2, 0) is 0 Å². The fourth-order valence-electron chi connectivity index (χ4n) is 3.56. The van der Waals surface area contributed by atoms with Crippen molar-refractivity contribution in [2.75, 3.05) is 18.0 Å². The van der Waals surface area contributed by atoms with Gasteiger partial charge >= 0.3 is 0 Å². The Labute approximate surface area is 177 Å². The van der Waals surface area contributed by atoms with Crippen molar-refractivity contribution in [2.45, 2.75) is 0 Å². The highest BCUT2D eigenvalue weighted by molar-refractivity contribution is 6.21. The third-order valence-corrected chi connectivity index (χ3v) is 5.07. The van der Waals surface area contributed by atoms with Gasteiger partial charge in [0, 0.05) is 24.8 Å². The number of anilines is 1. The first-order valence-corrected chi connectivity index (χ1v) is 9.54. The van der Waals surface area contributed by atoms with E-state index in [1.54, 1.807) is 60.7 Å². The lowest BCUT2D eigenvalue weighted by Crippen LogP contribution is -2.41. The highest BCUT2D eigenvalue weighted by Crippen LogP contribution is 2.25. The normalized spacial score (nSPS) is 12.6. The van der Waals surface area contributed by atoms with E-state index in [1.165, 1.54) is 23.1 Å². The van der Waals surface area contributed by atoms with Crippen LogP contribution in [0.25, 0.3) is 0 Å². The van der Waals surface area contributed by atoms with Crippen LogP contribution in [-0.4, -0.2) is 40.6 Å². The molecule has 3 amide bonds. The molecule has 8 heteroatoms. The molecule has 1 aliphatic heterocycles. The van der Waals surface area contributed by atoms with Gasteiger partial charge in [-0.3, -0.25) is 29.4 Å². The van der Waals surface area contributed by atoms with Crippen LogP contribution in [0.5, 0.6) is 0 Å². The summed E-state index contributed by atoms with van der Waals surface area (Å²) in [4.78, 5) is 51.8. The topological polar surface area (TPSA) is 101 Å². The Morgan fingerprint density at radius 2 is 1.39 bits per heavy atom. The van der Waals surface area contributed by atoms with Crippen molar-refractivity contribution in [2.24, 2.45) is 0 Å². The van der Waals surface area contributed by atoms with E-state index < -0.39 is 22.6 Å². The van der Waals surface area contributed by atoms with Crippen LogP contribution in [0.4, 0.5) is 11.4 Å². The summed E-state index contributed by atoms with van der Waals surface area (Å²) in [5.41, 5.74) is 0.766. The van der Waals surface area contributed by atoms with Crippen LogP contribution in [0.15, 0.2) is 78.9 Å². The van der Waals surface area contributed by atoms with Crippen molar-refractivity contribution in [1.82, 2.24) is 4.90 Å². The molecule has 1 heterocycles. The number of hydrogen-bond donors (Lipinski definition) is 0. The molecule has 4 rings (SSSR count). The molecule has 0 saturated carbocycles. The number of carbonyl (C=O) groups excluding carboxylic acids is 3. The highest BCUT2D eigenvalue weighted by atomic mass is 16.6.